The lowest BCUT2D eigenvalue weighted by Gasteiger charge is -2.05. The second kappa shape index (κ2) is 7.30. The number of rotatable bonds is 6. The van der Waals surface area contributed by atoms with E-state index in [0.717, 1.165) is 17.7 Å². The second-order valence-electron chi connectivity index (χ2n) is 5.11. The zero-order valence-electron chi connectivity index (χ0n) is 12.8. The first kappa shape index (κ1) is 17.5. The topological polar surface area (TPSA) is 85.1 Å². The normalized spacial score (nSPS) is 11.6. The molecule has 0 saturated heterocycles. The van der Waals surface area contributed by atoms with Gasteiger partial charge in [0.1, 0.15) is 5.82 Å². The second-order valence-corrected chi connectivity index (χ2v) is 7.31. The lowest BCUT2D eigenvalue weighted by Crippen LogP contribution is -2.26. The lowest BCUT2D eigenvalue weighted by molar-refractivity contribution is 0.502. The van der Waals surface area contributed by atoms with E-state index in [9.17, 15) is 12.8 Å². The first-order valence-corrected chi connectivity index (χ1v) is 9.14. The zero-order valence-corrected chi connectivity index (χ0v) is 14.4. The molecule has 0 unspecified atom stereocenters. The van der Waals surface area contributed by atoms with E-state index in [1.54, 1.807) is 24.3 Å². The van der Waals surface area contributed by atoms with E-state index in [1.807, 2.05) is 0 Å². The molecule has 130 valence electrons. The summed E-state index contributed by atoms with van der Waals surface area (Å²) in [5.41, 5.74) is 0.718. The summed E-state index contributed by atoms with van der Waals surface area (Å²) in [6.45, 7) is 0.0714. The quantitative estimate of drug-likeness (QED) is 0.709. The van der Waals surface area contributed by atoms with Gasteiger partial charge in [-0.3, -0.25) is 0 Å². The van der Waals surface area contributed by atoms with Crippen molar-refractivity contribution in [2.24, 2.45) is 0 Å². The maximum atomic E-state index is 12.9. The number of hydrogen-bond acceptors (Lipinski definition) is 5. The van der Waals surface area contributed by atoms with Gasteiger partial charge < -0.3 is 4.42 Å². The highest BCUT2D eigenvalue weighted by Crippen LogP contribution is 2.20. The average molecular weight is 382 g/mol. The van der Waals surface area contributed by atoms with Gasteiger partial charge in [0, 0.05) is 23.6 Å². The third-order valence-corrected chi connectivity index (χ3v) is 5.04. The lowest BCUT2D eigenvalue weighted by atomic mass is 10.2. The Morgan fingerprint density at radius 1 is 1.04 bits per heavy atom. The van der Waals surface area contributed by atoms with Gasteiger partial charge in [-0.25, -0.2) is 17.5 Å². The summed E-state index contributed by atoms with van der Waals surface area (Å²) >= 11 is 5.82. The Morgan fingerprint density at radius 2 is 1.72 bits per heavy atom. The number of halogens is 2. The first-order chi connectivity index (χ1) is 11.9. The largest absolute Gasteiger partial charge is 0.421 e. The fourth-order valence-corrected chi connectivity index (χ4v) is 3.21. The Bertz CT molecular complexity index is 957. The van der Waals surface area contributed by atoms with Crippen molar-refractivity contribution in [2.45, 2.75) is 11.3 Å². The Hall–Kier alpha value is -2.29. The number of benzene rings is 2. The van der Waals surface area contributed by atoms with Crippen LogP contribution in [0.4, 0.5) is 4.39 Å². The summed E-state index contributed by atoms with van der Waals surface area (Å²) in [6.07, 6.45) is 0.223. The highest BCUT2D eigenvalue weighted by molar-refractivity contribution is 7.89. The predicted octanol–water partition coefficient (Wildman–Crippen LogP) is 3.05. The molecule has 0 amide bonds. The van der Waals surface area contributed by atoms with E-state index in [1.165, 1.54) is 12.1 Å². The molecule has 1 heterocycles. The highest BCUT2D eigenvalue weighted by atomic mass is 35.5. The Balaban J connectivity index is 1.61. The third-order valence-electron chi connectivity index (χ3n) is 3.31. The molecule has 0 atom stereocenters. The smallest absolute Gasteiger partial charge is 0.247 e. The van der Waals surface area contributed by atoms with Gasteiger partial charge in [0.25, 0.3) is 0 Å². The number of hydrogen-bond donors (Lipinski definition) is 1. The third kappa shape index (κ3) is 4.41. The minimum atomic E-state index is -3.72. The van der Waals surface area contributed by atoms with Crippen LogP contribution in [0.25, 0.3) is 11.5 Å². The number of aromatic nitrogens is 2. The van der Waals surface area contributed by atoms with Crippen LogP contribution >= 0.6 is 11.6 Å². The van der Waals surface area contributed by atoms with Crippen LogP contribution in [0, 0.1) is 5.82 Å². The molecule has 3 aromatic rings. The molecule has 0 aliphatic heterocycles. The van der Waals surface area contributed by atoms with Gasteiger partial charge in [0.05, 0.1) is 4.90 Å². The van der Waals surface area contributed by atoms with Gasteiger partial charge in [-0.05, 0) is 48.5 Å². The van der Waals surface area contributed by atoms with Crippen LogP contribution in [0.15, 0.2) is 57.8 Å². The molecule has 1 N–H and O–H groups in total. The first-order valence-electron chi connectivity index (χ1n) is 7.27. The minimum absolute atomic E-state index is 0.0127. The molecule has 9 heteroatoms. The van der Waals surface area contributed by atoms with Gasteiger partial charge in [0.15, 0.2) is 0 Å². The molecule has 0 saturated carbocycles. The summed E-state index contributed by atoms with van der Waals surface area (Å²) in [7, 11) is -3.72. The van der Waals surface area contributed by atoms with Crippen LogP contribution in [0.5, 0.6) is 0 Å². The summed E-state index contributed by atoms with van der Waals surface area (Å²) in [5.74, 6) is 0.124. The molecule has 0 aliphatic rings. The molecular weight excluding hydrogens is 369 g/mol. The van der Waals surface area contributed by atoms with Crippen molar-refractivity contribution in [3.63, 3.8) is 0 Å². The fourth-order valence-electron chi connectivity index (χ4n) is 2.05. The Morgan fingerprint density at radius 3 is 2.40 bits per heavy atom. The Labute approximate surface area is 148 Å². The van der Waals surface area contributed by atoms with E-state index in [0.29, 0.717) is 16.8 Å². The predicted molar refractivity (Wildman–Crippen MR) is 90.0 cm³/mol. The molecule has 0 bridgehead atoms. The van der Waals surface area contributed by atoms with Crippen molar-refractivity contribution < 1.29 is 17.2 Å². The van der Waals surface area contributed by atoms with Crippen LogP contribution in [0.2, 0.25) is 5.02 Å². The maximum Gasteiger partial charge on any atom is 0.247 e. The number of nitrogens with one attached hydrogen (secondary N) is 1. The highest BCUT2D eigenvalue weighted by Gasteiger charge is 2.14. The van der Waals surface area contributed by atoms with Crippen molar-refractivity contribution in [3.8, 4) is 11.5 Å². The average Bonchev–Trinajstić information content (AvgIpc) is 3.04. The van der Waals surface area contributed by atoms with Crippen LogP contribution in [0.1, 0.15) is 5.89 Å². The number of sulfonamides is 1. The van der Waals surface area contributed by atoms with E-state index in [-0.39, 0.29) is 17.9 Å². The molecule has 0 aliphatic carbocycles. The van der Waals surface area contributed by atoms with Gasteiger partial charge in [-0.1, -0.05) is 11.6 Å². The SMILES string of the molecule is O=S(=O)(NCCc1nnc(-c2ccc(Cl)cc2)o1)c1ccc(F)cc1. The fraction of sp³-hybridized carbons (Fsp3) is 0.125. The van der Waals surface area contributed by atoms with E-state index >= 15 is 0 Å². The van der Waals surface area contributed by atoms with Crippen molar-refractivity contribution in [2.75, 3.05) is 6.54 Å². The van der Waals surface area contributed by atoms with Crippen molar-refractivity contribution in [3.05, 3.63) is 65.3 Å². The molecule has 6 nitrogen and oxygen atoms in total. The van der Waals surface area contributed by atoms with Crippen LogP contribution in [-0.2, 0) is 16.4 Å². The summed E-state index contributed by atoms with van der Waals surface area (Å²) in [4.78, 5) is -0.0127. The van der Waals surface area contributed by atoms with Crippen molar-refractivity contribution in [1.82, 2.24) is 14.9 Å². The molecule has 3 rings (SSSR count). The molecule has 0 fully saturated rings. The van der Waals surface area contributed by atoms with Gasteiger partial charge in [-0.2, -0.15) is 0 Å². The van der Waals surface area contributed by atoms with Gasteiger partial charge >= 0.3 is 0 Å². The van der Waals surface area contributed by atoms with Crippen LogP contribution in [-0.4, -0.2) is 25.2 Å². The zero-order chi connectivity index (χ0) is 17.9. The Kier molecular flexibility index (Phi) is 5.12. The monoisotopic (exact) mass is 381 g/mol. The van der Waals surface area contributed by atoms with Crippen molar-refractivity contribution in [1.29, 1.82) is 0 Å². The van der Waals surface area contributed by atoms with E-state index in [2.05, 4.69) is 14.9 Å². The molecule has 0 spiro atoms. The van der Waals surface area contributed by atoms with E-state index in [4.69, 9.17) is 16.0 Å². The van der Waals surface area contributed by atoms with E-state index < -0.39 is 15.8 Å². The van der Waals surface area contributed by atoms with Gasteiger partial charge in [-0.15, -0.1) is 10.2 Å². The molecule has 25 heavy (non-hydrogen) atoms. The van der Waals surface area contributed by atoms with Crippen LogP contribution in [0.3, 0.4) is 0 Å². The van der Waals surface area contributed by atoms with Gasteiger partial charge in [0.2, 0.25) is 21.8 Å². The standard InChI is InChI=1S/C16H13ClFN3O3S/c17-12-3-1-11(2-4-12)16-21-20-15(24-16)9-10-19-25(22,23)14-7-5-13(18)6-8-14/h1-8,19H,9-10H2. The van der Waals surface area contributed by atoms with Crippen molar-refractivity contribution >= 4 is 21.6 Å². The molecule has 0 radical (unpaired) electrons. The minimum Gasteiger partial charge on any atom is -0.421 e. The number of nitrogens with zero attached hydrogens (tertiary/aromatic N) is 2. The summed E-state index contributed by atoms with van der Waals surface area (Å²) < 4.78 is 44.9. The molecule has 1 aromatic heterocycles. The van der Waals surface area contributed by atoms with Crippen LogP contribution < -0.4 is 4.72 Å². The molecule has 2 aromatic carbocycles. The molecular formula is C16H13ClFN3O3S. The summed E-state index contributed by atoms with van der Waals surface area (Å²) in [5, 5.41) is 8.40. The summed E-state index contributed by atoms with van der Waals surface area (Å²) in [6, 6.07) is 11.5. The maximum absolute atomic E-state index is 12.9.